The van der Waals surface area contributed by atoms with Crippen molar-refractivity contribution in [1.29, 1.82) is 0 Å². The predicted molar refractivity (Wildman–Crippen MR) is 235 cm³/mol. The summed E-state index contributed by atoms with van der Waals surface area (Å²) < 4.78 is 26.9. The lowest BCUT2D eigenvalue weighted by Gasteiger charge is -2.25. The lowest BCUT2D eigenvalue weighted by molar-refractivity contribution is -0.128. The van der Waals surface area contributed by atoms with Crippen molar-refractivity contribution >= 4 is 41.8 Å². The maximum absolute atomic E-state index is 13.7. The molecule has 0 unspecified atom stereocenters. The molecule has 0 saturated heterocycles. The number of carbonyl (C=O) groups is 6. The molecular formula is C45H61N7O11. The molecule has 2 atom stereocenters. The number of benzene rings is 3. The van der Waals surface area contributed by atoms with E-state index in [9.17, 15) is 28.8 Å². The first kappa shape index (κ1) is 49.3. The first-order chi connectivity index (χ1) is 30.1. The fraction of sp³-hybridized carbons (Fsp3) is 0.467. The molecule has 0 saturated carbocycles. The van der Waals surface area contributed by atoms with Gasteiger partial charge in [0.05, 0.1) is 26.4 Å². The van der Waals surface area contributed by atoms with Crippen LogP contribution in [-0.2, 0) is 39.9 Å². The molecule has 18 heteroatoms. The topological polar surface area (TPSA) is 247 Å². The van der Waals surface area contributed by atoms with Crippen LogP contribution in [0.25, 0.3) is 11.1 Å². The summed E-state index contributed by atoms with van der Waals surface area (Å²) in [5.41, 5.74) is 9.98. The number of anilines is 1. The summed E-state index contributed by atoms with van der Waals surface area (Å²) in [4.78, 5) is 75.4. The summed E-state index contributed by atoms with van der Waals surface area (Å²) in [7, 11) is 0. The Bertz CT molecular complexity index is 1940. The Labute approximate surface area is 368 Å². The molecule has 4 rings (SSSR count). The molecule has 18 nitrogen and oxygen atoms in total. The third kappa shape index (κ3) is 17.1. The van der Waals surface area contributed by atoms with Gasteiger partial charge in [0.2, 0.25) is 11.8 Å². The third-order valence-corrected chi connectivity index (χ3v) is 9.56. The summed E-state index contributed by atoms with van der Waals surface area (Å²) in [5.74, 6) is -1.65. The Morgan fingerprint density at radius 1 is 0.667 bits per heavy atom. The van der Waals surface area contributed by atoms with E-state index in [2.05, 4.69) is 31.9 Å². The van der Waals surface area contributed by atoms with E-state index >= 15 is 0 Å². The van der Waals surface area contributed by atoms with Crippen LogP contribution in [-0.4, -0.2) is 106 Å². The van der Waals surface area contributed by atoms with E-state index in [-0.39, 0.29) is 51.2 Å². The number of hydrogen-bond donors (Lipinski definition) is 7. The number of nitrogens with two attached hydrogens (primary N) is 1. The Morgan fingerprint density at radius 3 is 1.83 bits per heavy atom. The number of carbonyl (C=O) groups excluding carboxylic acids is 6. The highest BCUT2D eigenvalue weighted by Gasteiger charge is 2.32. The number of alkyl carbamates (subject to hydrolysis) is 3. The monoisotopic (exact) mass is 875 g/mol. The maximum atomic E-state index is 13.7. The zero-order valence-corrected chi connectivity index (χ0v) is 36.6. The first-order valence-corrected chi connectivity index (χ1v) is 21.0. The quantitative estimate of drug-likeness (QED) is 0.0499. The number of rotatable bonds is 23. The fourth-order valence-corrected chi connectivity index (χ4v) is 6.55. The molecule has 0 aliphatic heterocycles. The van der Waals surface area contributed by atoms with Crippen LogP contribution in [0, 0.1) is 5.92 Å². The molecule has 0 spiro atoms. The van der Waals surface area contributed by atoms with E-state index in [1.54, 1.807) is 58.9 Å². The maximum Gasteiger partial charge on any atom is 0.407 e. The van der Waals surface area contributed by atoms with Crippen LogP contribution in [0.1, 0.15) is 70.1 Å². The molecule has 63 heavy (non-hydrogen) atoms. The van der Waals surface area contributed by atoms with E-state index in [4.69, 9.17) is 29.4 Å². The van der Waals surface area contributed by atoms with Crippen LogP contribution in [0.15, 0.2) is 72.8 Å². The van der Waals surface area contributed by atoms with Crippen molar-refractivity contribution in [3.8, 4) is 11.1 Å². The molecule has 3 aromatic carbocycles. The Hall–Kier alpha value is -6.40. The molecule has 342 valence electrons. The van der Waals surface area contributed by atoms with Crippen LogP contribution in [0.3, 0.4) is 0 Å². The standard InChI is InChI=1S/C45H61N7O11/c1-29(2)38(52-44(58)62-28-36-34-13-8-6-11-32(34)33-12-7-9-14-35(33)36)40(54)51-37(15-10-20-47-41(46)55)39(53)50-31-18-16-30(17-19-31)27-61-42(56)48-21-23-59-25-26-60-24-22-49-43(57)63-45(3,4)5/h6-9,11-14,16-19,29,36-38H,10,15,20-28H2,1-5H3,(H,48,56)(H,49,57)(H,50,53)(H,51,54)(H,52,58)(H3,46,47,55)/t37-,38-/m0/s1. The van der Waals surface area contributed by atoms with Crippen LogP contribution < -0.4 is 37.6 Å². The van der Waals surface area contributed by atoms with Gasteiger partial charge in [-0.1, -0.05) is 74.5 Å². The molecule has 1 aliphatic rings. The largest absolute Gasteiger partial charge is 0.449 e. The van der Waals surface area contributed by atoms with Crippen molar-refractivity contribution in [3.05, 3.63) is 89.5 Å². The van der Waals surface area contributed by atoms with E-state index in [0.29, 0.717) is 44.0 Å². The molecule has 0 radical (unpaired) electrons. The van der Waals surface area contributed by atoms with E-state index in [1.165, 1.54) is 0 Å². The number of primary amides is 1. The molecule has 0 bridgehead atoms. The van der Waals surface area contributed by atoms with Crippen molar-refractivity contribution in [1.82, 2.24) is 26.6 Å². The number of ether oxygens (including phenoxy) is 5. The summed E-state index contributed by atoms with van der Waals surface area (Å²) in [6.07, 6.45) is -1.47. The fourth-order valence-electron chi connectivity index (χ4n) is 6.55. The van der Waals surface area contributed by atoms with Crippen LogP contribution >= 0.6 is 0 Å². The minimum Gasteiger partial charge on any atom is -0.449 e. The number of nitrogens with one attached hydrogen (secondary N) is 6. The SMILES string of the molecule is CC(C)[C@H](NC(=O)OCC1c2ccccc2-c2ccccc21)C(=O)N[C@@H](CCCNC(N)=O)C(=O)Nc1ccc(COC(=O)NCCOCCOCCNC(=O)OC(C)(C)C)cc1. The molecular weight excluding hydrogens is 815 g/mol. The zero-order valence-electron chi connectivity index (χ0n) is 36.6. The summed E-state index contributed by atoms with van der Waals surface area (Å²) in [5, 5.41) is 15.9. The molecule has 0 fully saturated rings. The molecule has 0 aromatic heterocycles. The summed E-state index contributed by atoms with van der Waals surface area (Å²) >= 11 is 0. The van der Waals surface area contributed by atoms with Crippen LogP contribution in [0.2, 0.25) is 0 Å². The molecule has 8 N–H and O–H groups in total. The molecule has 7 amide bonds. The number of urea groups is 1. The van der Waals surface area contributed by atoms with Gasteiger partial charge in [-0.15, -0.1) is 0 Å². The summed E-state index contributed by atoms with van der Waals surface area (Å²) in [6, 6.07) is 19.7. The van der Waals surface area contributed by atoms with E-state index in [1.807, 2.05) is 48.5 Å². The van der Waals surface area contributed by atoms with Gasteiger partial charge >= 0.3 is 24.3 Å². The van der Waals surface area contributed by atoms with E-state index in [0.717, 1.165) is 22.3 Å². The van der Waals surface area contributed by atoms with Gasteiger partial charge in [0.15, 0.2) is 0 Å². The van der Waals surface area contributed by atoms with Gasteiger partial charge in [-0.3, -0.25) is 9.59 Å². The highest BCUT2D eigenvalue weighted by molar-refractivity contribution is 5.98. The van der Waals surface area contributed by atoms with Crippen LogP contribution in [0.4, 0.5) is 24.9 Å². The Kier molecular flexibility index (Phi) is 19.5. The minimum absolute atomic E-state index is 0.0368. The zero-order chi connectivity index (χ0) is 45.8. The average Bonchev–Trinajstić information content (AvgIpc) is 3.55. The van der Waals surface area contributed by atoms with Crippen molar-refractivity contribution in [2.45, 2.75) is 77.7 Å². The normalized spacial score (nSPS) is 12.8. The molecule has 1 aliphatic carbocycles. The van der Waals surface area contributed by atoms with Crippen molar-refractivity contribution in [2.75, 3.05) is 58.0 Å². The molecule has 0 heterocycles. The average molecular weight is 876 g/mol. The summed E-state index contributed by atoms with van der Waals surface area (Å²) in [6.45, 7) is 10.7. The first-order valence-electron chi connectivity index (χ1n) is 21.0. The van der Waals surface area contributed by atoms with Gasteiger partial charge in [-0.05, 0) is 79.5 Å². The second kappa shape index (κ2) is 24.9. The van der Waals surface area contributed by atoms with Crippen LogP contribution in [0.5, 0.6) is 0 Å². The van der Waals surface area contributed by atoms with Crippen molar-refractivity contribution in [3.63, 3.8) is 0 Å². The van der Waals surface area contributed by atoms with Crippen molar-refractivity contribution in [2.24, 2.45) is 11.7 Å². The second-order valence-corrected chi connectivity index (χ2v) is 16.0. The lowest BCUT2D eigenvalue weighted by atomic mass is 9.98. The highest BCUT2D eigenvalue weighted by Crippen LogP contribution is 2.44. The molecule has 3 aromatic rings. The van der Waals surface area contributed by atoms with Gasteiger partial charge in [0.25, 0.3) is 0 Å². The lowest BCUT2D eigenvalue weighted by Crippen LogP contribution is -2.54. The number of hydrogen-bond acceptors (Lipinski definition) is 11. The van der Waals surface area contributed by atoms with Gasteiger partial charge in [0, 0.05) is 31.2 Å². The minimum atomic E-state index is -1.05. The van der Waals surface area contributed by atoms with Crippen molar-refractivity contribution < 1.29 is 52.5 Å². The third-order valence-electron chi connectivity index (χ3n) is 9.56. The van der Waals surface area contributed by atoms with Gasteiger partial charge < -0.3 is 61.3 Å². The Balaban J connectivity index is 1.20. The second-order valence-electron chi connectivity index (χ2n) is 16.0. The van der Waals surface area contributed by atoms with Gasteiger partial charge in [0.1, 0.15) is 30.9 Å². The van der Waals surface area contributed by atoms with Gasteiger partial charge in [-0.2, -0.15) is 0 Å². The van der Waals surface area contributed by atoms with E-state index < -0.39 is 53.8 Å². The predicted octanol–water partition coefficient (Wildman–Crippen LogP) is 4.91. The number of amides is 7. The van der Waals surface area contributed by atoms with Gasteiger partial charge in [-0.25, -0.2) is 19.2 Å². The Morgan fingerprint density at radius 2 is 1.25 bits per heavy atom. The highest BCUT2D eigenvalue weighted by atomic mass is 16.6. The smallest absolute Gasteiger partial charge is 0.407 e. The number of fused-ring (bicyclic) bond motifs is 3.